The number of methoxy groups -OCH3 is 1. The number of alkyl carbamates (subject to hydrolysis) is 1. The molecule has 6 heteroatoms. The summed E-state index contributed by atoms with van der Waals surface area (Å²) in [5, 5.41) is 12.8. The number of hydrogen-bond donors (Lipinski definition) is 2. The van der Waals surface area contributed by atoms with Gasteiger partial charge in [0.05, 0.1) is 12.7 Å². The Morgan fingerprint density at radius 3 is 2.30 bits per heavy atom. The van der Waals surface area contributed by atoms with Crippen LogP contribution in [0.1, 0.15) is 39.4 Å². The van der Waals surface area contributed by atoms with Gasteiger partial charge in [0, 0.05) is 18.0 Å². The summed E-state index contributed by atoms with van der Waals surface area (Å²) in [4.78, 5) is 23.7. The lowest BCUT2D eigenvalue weighted by Gasteiger charge is -2.14. The Morgan fingerprint density at radius 2 is 1.67 bits per heavy atom. The average molecular weight is 443 g/mol. The molecule has 0 saturated carbocycles. The van der Waals surface area contributed by atoms with E-state index in [0.29, 0.717) is 18.5 Å². The smallest absolute Gasteiger partial charge is 0.407 e. The van der Waals surface area contributed by atoms with Gasteiger partial charge >= 0.3 is 12.1 Å². The Hall–Kier alpha value is -4.06. The molecule has 0 aromatic heterocycles. The molecular formula is C27H25NO5. The Morgan fingerprint density at radius 1 is 1.00 bits per heavy atom. The van der Waals surface area contributed by atoms with Crippen molar-refractivity contribution in [3.63, 3.8) is 0 Å². The van der Waals surface area contributed by atoms with Gasteiger partial charge in [0.25, 0.3) is 0 Å². The van der Waals surface area contributed by atoms with Gasteiger partial charge in [-0.2, -0.15) is 0 Å². The van der Waals surface area contributed by atoms with E-state index in [1.165, 1.54) is 35.4 Å². The van der Waals surface area contributed by atoms with Gasteiger partial charge < -0.3 is 19.9 Å². The summed E-state index contributed by atoms with van der Waals surface area (Å²) < 4.78 is 10.1. The van der Waals surface area contributed by atoms with E-state index in [4.69, 9.17) is 4.74 Å². The lowest BCUT2D eigenvalue weighted by molar-refractivity contribution is 0.0600. The number of carbonyl (C=O) groups is 2. The average Bonchev–Trinajstić information content (AvgIpc) is 3.16. The fraction of sp³-hybridized carbons (Fsp3) is 0.185. The molecule has 0 fully saturated rings. The molecule has 2 N–H and O–H groups in total. The molecule has 33 heavy (non-hydrogen) atoms. The van der Waals surface area contributed by atoms with Gasteiger partial charge in [-0.1, -0.05) is 66.7 Å². The van der Waals surface area contributed by atoms with Crippen LogP contribution in [0.2, 0.25) is 0 Å². The van der Waals surface area contributed by atoms with Crippen LogP contribution in [0.25, 0.3) is 17.2 Å². The summed E-state index contributed by atoms with van der Waals surface area (Å²) in [5.74, 6) is -0.495. The second-order valence-electron chi connectivity index (χ2n) is 7.71. The second-order valence-corrected chi connectivity index (χ2v) is 7.71. The van der Waals surface area contributed by atoms with Gasteiger partial charge in [-0.15, -0.1) is 0 Å². The van der Waals surface area contributed by atoms with Gasteiger partial charge in [0.15, 0.2) is 0 Å². The maximum Gasteiger partial charge on any atom is 0.407 e. The number of hydrogen-bond acceptors (Lipinski definition) is 5. The number of esters is 1. The molecule has 0 spiro atoms. The van der Waals surface area contributed by atoms with Crippen molar-refractivity contribution in [1.29, 1.82) is 0 Å². The van der Waals surface area contributed by atoms with Crippen LogP contribution in [0, 0.1) is 0 Å². The van der Waals surface area contributed by atoms with Crippen LogP contribution in [0.15, 0.2) is 72.8 Å². The third-order valence-corrected chi connectivity index (χ3v) is 5.67. The van der Waals surface area contributed by atoms with E-state index in [-0.39, 0.29) is 23.8 Å². The van der Waals surface area contributed by atoms with E-state index in [2.05, 4.69) is 34.3 Å². The minimum Gasteiger partial charge on any atom is -0.507 e. The molecule has 0 saturated heterocycles. The molecule has 0 radical (unpaired) electrons. The fourth-order valence-electron chi connectivity index (χ4n) is 4.05. The van der Waals surface area contributed by atoms with Crippen LogP contribution in [0.5, 0.6) is 5.75 Å². The molecule has 168 valence electrons. The minimum absolute atomic E-state index is 0.0151. The number of phenolic OH excluding ortho intramolecular Hbond substituents is 1. The molecule has 0 heterocycles. The first-order valence-corrected chi connectivity index (χ1v) is 10.7. The molecule has 0 bridgehead atoms. The standard InChI is InChI=1S/C27H25NO5/c1-32-26(30)19-14-13-18(25(29)16-19)8-6-7-15-28-27(31)33-17-24-22-11-4-2-9-20(22)21-10-3-5-12-23(21)24/h2-6,8-14,16,24,29H,7,15,17H2,1H3,(H,28,31). The van der Waals surface area contributed by atoms with Gasteiger partial charge in [-0.05, 0) is 40.8 Å². The first-order valence-electron chi connectivity index (χ1n) is 10.7. The molecule has 1 aliphatic carbocycles. The van der Waals surface area contributed by atoms with E-state index in [9.17, 15) is 14.7 Å². The molecule has 4 rings (SSSR count). The molecule has 1 aliphatic rings. The predicted molar refractivity (Wildman–Crippen MR) is 126 cm³/mol. The monoisotopic (exact) mass is 443 g/mol. The minimum atomic E-state index is -0.506. The number of ether oxygens (including phenoxy) is 2. The first kappa shape index (κ1) is 22.1. The lowest BCUT2D eigenvalue weighted by Crippen LogP contribution is -2.26. The highest BCUT2D eigenvalue weighted by molar-refractivity contribution is 5.90. The van der Waals surface area contributed by atoms with Crippen LogP contribution in [-0.2, 0) is 9.47 Å². The second kappa shape index (κ2) is 10.0. The van der Waals surface area contributed by atoms with E-state index in [0.717, 1.165) is 0 Å². The van der Waals surface area contributed by atoms with Gasteiger partial charge in [0.1, 0.15) is 12.4 Å². The number of benzene rings is 3. The number of aromatic hydroxyl groups is 1. The topological polar surface area (TPSA) is 84.9 Å². The maximum atomic E-state index is 12.2. The van der Waals surface area contributed by atoms with Crippen molar-refractivity contribution in [3.05, 3.63) is 95.1 Å². The Balaban J connectivity index is 1.26. The fourth-order valence-corrected chi connectivity index (χ4v) is 4.05. The summed E-state index contributed by atoms with van der Waals surface area (Å²) in [5.41, 5.74) is 5.58. The van der Waals surface area contributed by atoms with Crippen molar-refractivity contribution in [1.82, 2.24) is 5.32 Å². The number of carbonyl (C=O) groups excluding carboxylic acids is 2. The molecule has 6 nitrogen and oxygen atoms in total. The number of nitrogens with one attached hydrogen (secondary N) is 1. The van der Waals surface area contributed by atoms with Crippen molar-refractivity contribution in [3.8, 4) is 16.9 Å². The number of amides is 1. The third kappa shape index (κ3) is 4.90. The van der Waals surface area contributed by atoms with Gasteiger partial charge in [0.2, 0.25) is 0 Å². The molecule has 3 aromatic carbocycles. The van der Waals surface area contributed by atoms with Crippen molar-refractivity contribution >= 4 is 18.1 Å². The lowest BCUT2D eigenvalue weighted by atomic mass is 9.98. The zero-order valence-electron chi connectivity index (χ0n) is 18.3. The molecule has 3 aromatic rings. The van der Waals surface area contributed by atoms with Crippen molar-refractivity contribution in [2.24, 2.45) is 0 Å². The van der Waals surface area contributed by atoms with Gasteiger partial charge in [-0.25, -0.2) is 9.59 Å². The number of rotatable bonds is 7. The van der Waals surface area contributed by atoms with Crippen LogP contribution in [-0.4, -0.2) is 37.4 Å². The first-order chi connectivity index (χ1) is 16.1. The normalized spacial score (nSPS) is 12.3. The van der Waals surface area contributed by atoms with Crippen molar-refractivity contribution in [2.45, 2.75) is 12.3 Å². The Labute approximate surface area is 192 Å². The molecule has 0 unspecified atom stereocenters. The van der Waals surface area contributed by atoms with Crippen molar-refractivity contribution < 1.29 is 24.2 Å². The quantitative estimate of drug-likeness (QED) is 0.391. The highest BCUT2D eigenvalue weighted by Crippen LogP contribution is 2.44. The third-order valence-electron chi connectivity index (χ3n) is 5.67. The van der Waals surface area contributed by atoms with Crippen LogP contribution in [0.3, 0.4) is 0 Å². The zero-order valence-corrected chi connectivity index (χ0v) is 18.3. The highest BCUT2D eigenvalue weighted by atomic mass is 16.5. The van der Waals surface area contributed by atoms with Crippen LogP contribution in [0.4, 0.5) is 4.79 Å². The van der Waals surface area contributed by atoms with Gasteiger partial charge in [-0.3, -0.25) is 0 Å². The summed E-state index contributed by atoms with van der Waals surface area (Å²) in [6.07, 6.45) is 3.66. The summed E-state index contributed by atoms with van der Waals surface area (Å²) in [7, 11) is 1.29. The summed E-state index contributed by atoms with van der Waals surface area (Å²) >= 11 is 0. The highest BCUT2D eigenvalue weighted by Gasteiger charge is 2.28. The number of phenols is 1. The number of fused-ring (bicyclic) bond motifs is 3. The zero-order chi connectivity index (χ0) is 23.2. The maximum absolute atomic E-state index is 12.2. The van der Waals surface area contributed by atoms with E-state index in [1.54, 1.807) is 18.2 Å². The summed E-state index contributed by atoms with van der Waals surface area (Å²) in [6.45, 7) is 0.671. The molecule has 0 atom stereocenters. The van der Waals surface area contributed by atoms with Crippen LogP contribution < -0.4 is 5.32 Å². The van der Waals surface area contributed by atoms with E-state index in [1.807, 2.05) is 30.3 Å². The predicted octanol–water partition coefficient (Wildman–Crippen LogP) is 5.12. The molecule has 1 amide bonds. The summed E-state index contributed by atoms with van der Waals surface area (Å²) in [6, 6.07) is 21.0. The van der Waals surface area contributed by atoms with E-state index >= 15 is 0 Å². The largest absolute Gasteiger partial charge is 0.507 e. The van der Waals surface area contributed by atoms with E-state index < -0.39 is 12.1 Å². The Bertz CT molecular complexity index is 1160. The van der Waals surface area contributed by atoms with Crippen LogP contribution >= 0.6 is 0 Å². The SMILES string of the molecule is COC(=O)c1ccc(C=CCCNC(=O)OCC2c3ccccc3-c3ccccc32)c(O)c1. The Kier molecular flexibility index (Phi) is 6.74. The van der Waals surface area contributed by atoms with Crippen molar-refractivity contribution in [2.75, 3.05) is 20.3 Å². The molecule has 0 aliphatic heterocycles. The molecular weight excluding hydrogens is 418 g/mol.